The second-order valence-corrected chi connectivity index (χ2v) is 5.86. The van der Waals surface area contributed by atoms with Gasteiger partial charge in [-0.25, -0.2) is 9.37 Å². The third kappa shape index (κ3) is 3.50. The van der Waals surface area contributed by atoms with E-state index >= 15 is 0 Å². The average Bonchev–Trinajstić information content (AvgIpc) is 2.43. The van der Waals surface area contributed by atoms with Crippen molar-refractivity contribution in [2.45, 2.75) is 26.7 Å². The van der Waals surface area contributed by atoms with Crippen LogP contribution in [0.25, 0.3) is 0 Å². The number of rotatable bonds is 4. The first kappa shape index (κ1) is 15.7. The van der Waals surface area contributed by atoms with E-state index in [1.165, 1.54) is 6.07 Å². The number of hydrogen-bond acceptors (Lipinski definition) is 4. The van der Waals surface area contributed by atoms with Gasteiger partial charge in [-0.1, -0.05) is 29.8 Å². The van der Waals surface area contributed by atoms with Crippen molar-refractivity contribution in [2.75, 3.05) is 12.4 Å². The topological polar surface area (TPSA) is 47.0 Å². The molecule has 1 N–H and O–H groups in total. The van der Waals surface area contributed by atoms with Crippen LogP contribution < -0.4 is 10.1 Å². The summed E-state index contributed by atoms with van der Waals surface area (Å²) in [5.74, 6) is 1.53. The maximum absolute atomic E-state index is 13.9. The Kier molecular flexibility index (Phi) is 4.77. The van der Waals surface area contributed by atoms with Crippen molar-refractivity contribution < 1.29 is 9.13 Å². The summed E-state index contributed by atoms with van der Waals surface area (Å²) >= 11 is 3.22. The molecule has 0 spiro atoms. The van der Waals surface area contributed by atoms with E-state index in [0.717, 1.165) is 5.56 Å². The van der Waals surface area contributed by atoms with E-state index < -0.39 is 5.82 Å². The third-order valence-corrected chi connectivity index (χ3v) is 3.47. The maximum atomic E-state index is 13.9. The van der Waals surface area contributed by atoms with Gasteiger partial charge in [-0.05, 0) is 25.1 Å². The molecule has 0 fully saturated rings. The number of ether oxygens (including phenoxy) is 1. The van der Waals surface area contributed by atoms with Crippen LogP contribution in [0.1, 0.15) is 31.2 Å². The number of hydrogen-bond donors (Lipinski definition) is 1. The summed E-state index contributed by atoms with van der Waals surface area (Å²) in [6, 6.07) is 4.64. The Hall–Kier alpha value is -1.69. The molecule has 0 atom stereocenters. The molecule has 1 aromatic carbocycles. The van der Waals surface area contributed by atoms with Gasteiger partial charge in [0.25, 0.3) is 0 Å². The van der Waals surface area contributed by atoms with E-state index in [1.807, 2.05) is 20.8 Å². The normalized spacial score (nSPS) is 10.8. The van der Waals surface area contributed by atoms with E-state index in [-0.39, 0.29) is 11.7 Å². The van der Waals surface area contributed by atoms with Gasteiger partial charge in [0.2, 0.25) is 5.88 Å². The van der Waals surface area contributed by atoms with Crippen LogP contribution in [0.5, 0.6) is 11.6 Å². The van der Waals surface area contributed by atoms with Crippen molar-refractivity contribution in [3.63, 3.8) is 0 Å². The predicted octanol–water partition coefficient (Wildman–Crippen LogP) is 4.64. The van der Waals surface area contributed by atoms with Crippen LogP contribution in [0.3, 0.4) is 0 Å². The van der Waals surface area contributed by atoms with Gasteiger partial charge in [0.15, 0.2) is 11.6 Å². The molecule has 6 heteroatoms. The lowest BCUT2D eigenvalue weighted by Crippen LogP contribution is -2.06. The minimum Gasteiger partial charge on any atom is -0.435 e. The number of benzene rings is 1. The first-order valence-electron chi connectivity index (χ1n) is 6.61. The molecular weight excluding hydrogens is 337 g/mol. The molecule has 0 aliphatic carbocycles. The highest BCUT2D eigenvalue weighted by Crippen LogP contribution is 2.31. The Balaban J connectivity index is 2.45. The van der Waals surface area contributed by atoms with E-state index in [2.05, 4.69) is 31.2 Å². The summed E-state index contributed by atoms with van der Waals surface area (Å²) in [6.07, 6.45) is 0. The molecular formula is C15H17BrFN3O. The van der Waals surface area contributed by atoms with E-state index in [1.54, 1.807) is 19.2 Å². The van der Waals surface area contributed by atoms with Gasteiger partial charge < -0.3 is 10.1 Å². The van der Waals surface area contributed by atoms with Gasteiger partial charge in [-0.15, -0.1) is 0 Å². The summed E-state index contributed by atoms with van der Waals surface area (Å²) in [4.78, 5) is 8.81. The molecule has 0 saturated heterocycles. The van der Waals surface area contributed by atoms with Crippen LogP contribution in [0, 0.1) is 12.7 Å². The van der Waals surface area contributed by atoms with Crippen LogP contribution in [0.2, 0.25) is 0 Å². The molecule has 21 heavy (non-hydrogen) atoms. The molecule has 0 bridgehead atoms. The highest BCUT2D eigenvalue weighted by Gasteiger charge is 2.15. The molecule has 0 unspecified atom stereocenters. The number of aromatic nitrogens is 2. The Morgan fingerprint density at radius 3 is 2.57 bits per heavy atom. The fourth-order valence-corrected chi connectivity index (χ4v) is 2.11. The fraction of sp³-hybridized carbons (Fsp3) is 0.333. The van der Waals surface area contributed by atoms with Crippen molar-refractivity contribution >= 4 is 21.7 Å². The Labute approximate surface area is 131 Å². The van der Waals surface area contributed by atoms with Crippen LogP contribution in [0.15, 0.2) is 22.7 Å². The fourth-order valence-electron chi connectivity index (χ4n) is 1.78. The quantitative estimate of drug-likeness (QED) is 0.869. The van der Waals surface area contributed by atoms with E-state index in [4.69, 9.17) is 4.74 Å². The zero-order valence-electron chi connectivity index (χ0n) is 12.4. The molecule has 0 radical (unpaired) electrons. The minimum atomic E-state index is -0.445. The van der Waals surface area contributed by atoms with E-state index in [9.17, 15) is 4.39 Å². The van der Waals surface area contributed by atoms with Crippen LogP contribution in [-0.2, 0) is 0 Å². The Morgan fingerprint density at radius 1 is 1.29 bits per heavy atom. The van der Waals surface area contributed by atoms with Gasteiger partial charge in [0, 0.05) is 17.4 Å². The standard InChI is InChI=1S/C15H17BrFN3O/c1-8(2)13-19-14(18-4)9(3)15(20-13)21-12-6-5-10(16)7-11(12)17/h5-8H,1-4H3,(H,18,19,20). The summed E-state index contributed by atoms with van der Waals surface area (Å²) < 4.78 is 20.2. The van der Waals surface area contributed by atoms with Gasteiger partial charge in [0.1, 0.15) is 11.6 Å². The monoisotopic (exact) mass is 353 g/mol. The zero-order valence-corrected chi connectivity index (χ0v) is 14.0. The zero-order chi connectivity index (χ0) is 15.6. The van der Waals surface area contributed by atoms with Gasteiger partial charge in [0.05, 0.1) is 5.56 Å². The van der Waals surface area contributed by atoms with Crippen LogP contribution in [0.4, 0.5) is 10.2 Å². The first-order valence-corrected chi connectivity index (χ1v) is 7.41. The molecule has 0 amide bonds. The van der Waals surface area contributed by atoms with Crippen molar-refractivity contribution in [1.82, 2.24) is 9.97 Å². The second-order valence-electron chi connectivity index (χ2n) is 4.94. The molecule has 0 aliphatic rings. The molecule has 0 aliphatic heterocycles. The largest absolute Gasteiger partial charge is 0.435 e. The number of halogens is 2. The number of anilines is 1. The summed E-state index contributed by atoms with van der Waals surface area (Å²) in [7, 11) is 1.78. The average molecular weight is 354 g/mol. The first-order chi connectivity index (χ1) is 9.92. The van der Waals surface area contributed by atoms with Crippen molar-refractivity contribution in [2.24, 2.45) is 0 Å². The predicted molar refractivity (Wildman–Crippen MR) is 84.6 cm³/mol. The molecule has 1 aromatic heterocycles. The minimum absolute atomic E-state index is 0.136. The van der Waals surface area contributed by atoms with Crippen molar-refractivity contribution in [3.8, 4) is 11.6 Å². The molecule has 112 valence electrons. The highest BCUT2D eigenvalue weighted by molar-refractivity contribution is 9.10. The molecule has 0 saturated carbocycles. The molecule has 4 nitrogen and oxygen atoms in total. The number of nitrogens with one attached hydrogen (secondary N) is 1. The lowest BCUT2D eigenvalue weighted by molar-refractivity contribution is 0.420. The highest BCUT2D eigenvalue weighted by atomic mass is 79.9. The summed E-state index contributed by atoms with van der Waals surface area (Å²) in [5.41, 5.74) is 0.740. The van der Waals surface area contributed by atoms with Crippen LogP contribution >= 0.6 is 15.9 Å². The third-order valence-electron chi connectivity index (χ3n) is 2.97. The lowest BCUT2D eigenvalue weighted by Gasteiger charge is -2.14. The van der Waals surface area contributed by atoms with E-state index in [0.29, 0.717) is 22.0 Å². The van der Waals surface area contributed by atoms with Gasteiger partial charge in [-0.2, -0.15) is 4.98 Å². The van der Waals surface area contributed by atoms with Crippen molar-refractivity contribution in [3.05, 3.63) is 39.9 Å². The summed E-state index contributed by atoms with van der Waals surface area (Å²) in [5, 5.41) is 3.01. The smallest absolute Gasteiger partial charge is 0.227 e. The van der Waals surface area contributed by atoms with Crippen molar-refractivity contribution in [1.29, 1.82) is 0 Å². The van der Waals surface area contributed by atoms with Gasteiger partial charge >= 0.3 is 0 Å². The lowest BCUT2D eigenvalue weighted by atomic mass is 10.2. The maximum Gasteiger partial charge on any atom is 0.227 e. The SMILES string of the molecule is CNc1nc(C(C)C)nc(Oc2ccc(Br)cc2F)c1C. The Bertz CT molecular complexity index is 662. The molecule has 1 heterocycles. The Morgan fingerprint density at radius 2 is 2.00 bits per heavy atom. The summed E-state index contributed by atoms with van der Waals surface area (Å²) in [6.45, 7) is 5.82. The van der Waals surface area contributed by atoms with Gasteiger partial charge in [-0.3, -0.25) is 0 Å². The second kappa shape index (κ2) is 6.39. The molecule has 2 aromatic rings. The molecule has 2 rings (SSSR count). The number of nitrogens with zero attached hydrogens (tertiary/aromatic N) is 2. The van der Waals surface area contributed by atoms with Crippen LogP contribution in [-0.4, -0.2) is 17.0 Å².